The van der Waals surface area contributed by atoms with Crippen LogP contribution in [-0.2, 0) is 6.54 Å². The molecule has 0 aliphatic carbocycles. The Morgan fingerprint density at radius 3 is 2.68 bits per heavy atom. The number of benzene rings is 2. The second kappa shape index (κ2) is 5.70. The molecule has 0 fully saturated rings. The van der Waals surface area contributed by atoms with Crippen LogP contribution in [0.5, 0.6) is 0 Å². The largest absolute Gasteiger partial charge is 0.329 e. The molecule has 0 atom stereocenters. The highest BCUT2D eigenvalue weighted by Gasteiger charge is 2.11. The fourth-order valence-corrected chi connectivity index (χ4v) is 2.74. The predicted molar refractivity (Wildman–Crippen MR) is 87.0 cm³/mol. The summed E-state index contributed by atoms with van der Waals surface area (Å²) in [6.07, 6.45) is 0. The Morgan fingerprint density at radius 1 is 1.18 bits per heavy atom. The van der Waals surface area contributed by atoms with Gasteiger partial charge in [-0.1, -0.05) is 33.6 Å². The average molecular weight is 384 g/mol. The number of halogens is 3. The fraction of sp³-hybridized carbons (Fsp3) is 0.0667. The predicted octanol–water partition coefficient (Wildman–Crippen LogP) is 3.29. The van der Waals surface area contributed by atoms with E-state index in [0.29, 0.717) is 26.0 Å². The Hall–Kier alpha value is -1.92. The molecule has 22 heavy (non-hydrogen) atoms. The number of aromatic amines is 1. The van der Waals surface area contributed by atoms with E-state index >= 15 is 0 Å². The van der Waals surface area contributed by atoms with Gasteiger partial charge in [-0.05, 0) is 30.3 Å². The molecular weight excluding hydrogens is 375 g/mol. The Kier molecular flexibility index (Phi) is 3.88. The third-order valence-corrected chi connectivity index (χ3v) is 4.03. The van der Waals surface area contributed by atoms with E-state index in [0.717, 1.165) is 0 Å². The molecule has 0 spiro atoms. The first-order valence-corrected chi connectivity index (χ1v) is 7.49. The molecule has 112 valence electrons. The third-order valence-electron chi connectivity index (χ3n) is 3.30. The topological polar surface area (TPSA) is 54.9 Å². The van der Waals surface area contributed by atoms with E-state index in [-0.39, 0.29) is 6.54 Å². The van der Waals surface area contributed by atoms with Gasteiger partial charge in [0.1, 0.15) is 5.82 Å². The molecule has 0 aliphatic rings. The van der Waals surface area contributed by atoms with Crippen molar-refractivity contribution < 1.29 is 4.39 Å². The number of fused-ring (bicyclic) bond motifs is 1. The quantitative estimate of drug-likeness (QED) is 0.738. The van der Waals surface area contributed by atoms with Gasteiger partial charge in [0, 0.05) is 15.1 Å². The van der Waals surface area contributed by atoms with Crippen LogP contribution in [0.15, 0.2) is 50.5 Å². The molecule has 2 aromatic carbocycles. The number of hydrogen-bond donors (Lipinski definition) is 1. The summed E-state index contributed by atoms with van der Waals surface area (Å²) in [5, 5.41) is 0.712. The molecule has 0 amide bonds. The molecular formula is C15H9BrClFN2O2. The molecule has 0 aliphatic heterocycles. The van der Waals surface area contributed by atoms with Crippen molar-refractivity contribution in [1.82, 2.24) is 9.55 Å². The maximum Gasteiger partial charge on any atom is 0.329 e. The summed E-state index contributed by atoms with van der Waals surface area (Å²) in [7, 11) is 0. The molecule has 1 aromatic heterocycles. The average Bonchev–Trinajstić information content (AvgIpc) is 2.45. The molecule has 3 rings (SSSR count). The van der Waals surface area contributed by atoms with E-state index < -0.39 is 17.1 Å². The summed E-state index contributed by atoms with van der Waals surface area (Å²) in [6.45, 7) is -0.00836. The maximum atomic E-state index is 14.0. The second-order valence-corrected chi connectivity index (χ2v) is 6.09. The van der Waals surface area contributed by atoms with Gasteiger partial charge in [-0.3, -0.25) is 14.3 Å². The fourth-order valence-electron chi connectivity index (χ4n) is 2.24. The molecule has 1 N–H and O–H groups in total. The minimum atomic E-state index is -0.609. The standard InChI is InChI=1S/C15H9BrClFN2O2/c16-9-2-1-8(12(18)5-9)7-20-13-6-10(17)3-4-11(13)14(21)19-15(20)22/h1-6H,7H2,(H,19,21,22). The maximum absolute atomic E-state index is 14.0. The van der Waals surface area contributed by atoms with Crippen molar-refractivity contribution in [1.29, 1.82) is 0 Å². The number of H-pyrrole nitrogens is 1. The van der Waals surface area contributed by atoms with Gasteiger partial charge in [0.25, 0.3) is 5.56 Å². The Bertz CT molecular complexity index is 997. The van der Waals surface area contributed by atoms with Crippen molar-refractivity contribution >= 4 is 38.4 Å². The lowest BCUT2D eigenvalue weighted by Gasteiger charge is -2.10. The molecule has 0 radical (unpaired) electrons. The smallest absolute Gasteiger partial charge is 0.289 e. The first-order valence-electron chi connectivity index (χ1n) is 6.32. The first-order chi connectivity index (χ1) is 10.5. The van der Waals surface area contributed by atoms with Crippen LogP contribution in [0.2, 0.25) is 5.02 Å². The van der Waals surface area contributed by atoms with Crippen molar-refractivity contribution in [3.63, 3.8) is 0 Å². The van der Waals surface area contributed by atoms with E-state index in [1.165, 1.54) is 22.8 Å². The van der Waals surface area contributed by atoms with Gasteiger partial charge in [0.15, 0.2) is 0 Å². The molecule has 0 saturated heterocycles. The van der Waals surface area contributed by atoms with E-state index in [2.05, 4.69) is 20.9 Å². The number of nitrogens with one attached hydrogen (secondary N) is 1. The summed E-state index contributed by atoms with van der Waals surface area (Å²) in [6, 6.07) is 9.20. The van der Waals surface area contributed by atoms with Gasteiger partial charge in [0.2, 0.25) is 0 Å². The molecule has 7 heteroatoms. The van der Waals surface area contributed by atoms with Crippen LogP contribution in [0.4, 0.5) is 4.39 Å². The summed E-state index contributed by atoms with van der Waals surface area (Å²) >= 11 is 9.12. The number of rotatable bonds is 2. The second-order valence-electron chi connectivity index (χ2n) is 4.74. The normalized spacial score (nSPS) is 11.0. The lowest BCUT2D eigenvalue weighted by atomic mass is 10.2. The molecule has 0 saturated carbocycles. The highest BCUT2D eigenvalue weighted by atomic mass is 79.9. The Labute approximate surface area is 137 Å². The summed E-state index contributed by atoms with van der Waals surface area (Å²) in [5.74, 6) is -0.442. The zero-order valence-electron chi connectivity index (χ0n) is 11.1. The van der Waals surface area contributed by atoms with Crippen LogP contribution in [0, 0.1) is 5.82 Å². The highest BCUT2D eigenvalue weighted by Crippen LogP contribution is 2.19. The highest BCUT2D eigenvalue weighted by molar-refractivity contribution is 9.10. The van der Waals surface area contributed by atoms with Crippen LogP contribution >= 0.6 is 27.5 Å². The van der Waals surface area contributed by atoms with Crippen molar-refractivity contribution in [3.05, 3.63) is 78.1 Å². The van der Waals surface area contributed by atoms with Crippen molar-refractivity contribution in [2.75, 3.05) is 0 Å². The third kappa shape index (κ3) is 2.71. The zero-order chi connectivity index (χ0) is 15.9. The van der Waals surface area contributed by atoms with Crippen LogP contribution in [0.25, 0.3) is 10.9 Å². The lowest BCUT2D eigenvalue weighted by molar-refractivity contribution is 0.596. The van der Waals surface area contributed by atoms with Crippen molar-refractivity contribution in [2.24, 2.45) is 0 Å². The summed E-state index contributed by atoms with van der Waals surface area (Å²) in [5.41, 5.74) is -0.409. The van der Waals surface area contributed by atoms with E-state index in [1.807, 2.05) is 0 Å². The van der Waals surface area contributed by atoms with Crippen molar-refractivity contribution in [2.45, 2.75) is 6.54 Å². The van der Waals surface area contributed by atoms with Gasteiger partial charge in [0.05, 0.1) is 17.4 Å². The number of hydrogen-bond acceptors (Lipinski definition) is 2. The summed E-state index contributed by atoms with van der Waals surface area (Å²) < 4.78 is 15.9. The molecule has 4 nitrogen and oxygen atoms in total. The Balaban J connectivity index is 2.24. The van der Waals surface area contributed by atoms with E-state index in [4.69, 9.17) is 11.6 Å². The minimum absolute atomic E-state index is 0.00836. The van der Waals surface area contributed by atoms with Crippen LogP contribution < -0.4 is 11.2 Å². The van der Waals surface area contributed by atoms with Crippen LogP contribution in [-0.4, -0.2) is 9.55 Å². The zero-order valence-corrected chi connectivity index (χ0v) is 13.4. The summed E-state index contributed by atoms with van der Waals surface area (Å²) in [4.78, 5) is 26.1. The van der Waals surface area contributed by atoms with E-state index in [9.17, 15) is 14.0 Å². The minimum Gasteiger partial charge on any atom is -0.289 e. The van der Waals surface area contributed by atoms with Gasteiger partial charge < -0.3 is 0 Å². The Morgan fingerprint density at radius 2 is 1.95 bits per heavy atom. The van der Waals surface area contributed by atoms with Gasteiger partial charge in [-0.15, -0.1) is 0 Å². The van der Waals surface area contributed by atoms with E-state index in [1.54, 1.807) is 18.2 Å². The first kappa shape index (κ1) is 15.0. The molecule has 0 unspecified atom stereocenters. The van der Waals surface area contributed by atoms with Gasteiger partial charge >= 0.3 is 5.69 Å². The van der Waals surface area contributed by atoms with Gasteiger partial charge in [-0.25, -0.2) is 9.18 Å². The van der Waals surface area contributed by atoms with Crippen molar-refractivity contribution in [3.8, 4) is 0 Å². The lowest BCUT2D eigenvalue weighted by Crippen LogP contribution is -2.30. The molecule has 0 bridgehead atoms. The molecule has 1 heterocycles. The van der Waals surface area contributed by atoms with Gasteiger partial charge in [-0.2, -0.15) is 0 Å². The number of nitrogens with zero attached hydrogens (tertiary/aromatic N) is 1. The van der Waals surface area contributed by atoms with Crippen LogP contribution in [0.1, 0.15) is 5.56 Å². The number of aromatic nitrogens is 2. The van der Waals surface area contributed by atoms with Crippen LogP contribution in [0.3, 0.4) is 0 Å². The molecule has 3 aromatic rings. The monoisotopic (exact) mass is 382 g/mol. The SMILES string of the molecule is O=c1[nH]c(=O)n(Cc2ccc(Br)cc2F)c2cc(Cl)ccc12.